The molecule has 0 bridgehead atoms. The largest absolute Gasteiger partial charge is 0.378 e. The molecule has 0 heterocycles. The second-order valence-corrected chi connectivity index (χ2v) is 5.36. The van der Waals surface area contributed by atoms with Crippen molar-refractivity contribution in [2.24, 2.45) is 0 Å². The van der Waals surface area contributed by atoms with Crippen molar-refractivity contribution in [2.45, 2.75) is 63.9 Å². The van der Waals surface area contributed by atoms with Crippen molar-refractivity contribution in [1.29, 1.82) is 0 Å². The Morgan fingerprint density at radius 2 is 1.94 bits per heavy atom. The zero-order valence-corrected chi connectivity index (χ0v) is 12.0. The van der Waals surface area contributed by atoms with Crippen molar-refractivity contribution in [3.63, 3.8) is 0 Å². The minimum atomic E-state index is 0.137. The Hall–Kier alpha value is -0.280. The molecule has 0 aliphatic heterocycles. The first-order valence-electron chi connectivity index (χ1n) is 7.27. The van der Waals surface area contributed by atoms with Crippen LogP contribution in [0, 0.1) is 0 Å². The molecule has 0 atom stereocenters. The Morgan fingerprint density at radius 1 is 1.17 bits per heavy atom. The number of halogens is 1. The summed E-state index contributed by atoms with van der Waals surface area (Å²) in [5, 5.41) is 2.92. The first-order valence-corrected chi connectivity index (χ1v) is 7.80. The van der Waals surface area contributed by atoms with Crippen molar-refractivity contribution in [1.82, 2.24) is 5.32 Å². The Kier molecular flexibility index (Phi) is 9.31. The summed E-state index contributed by atoms with van der Waals surface area (Å²) in [7, 11) is 0. The molecular weight excluding hydrogens is 250 g/mol. The summed E-state index contributed by atoms with van der Waals surface area (Å²) in [5.74, 6) is 0.778. The molecule has 0 aromatic rings. The maximum Gasteiger partial charge on any atom is 0.219 e. The van der Waals surface area contributed by atoms with Crippen LogP contribution in [0.15, 0.2) is 0 Å². The second kappa shape index (κ2) is 10.6. The zero-order chi connectivity index (χ0) is 13.1. The molecule has 1 amide bonds. The van der Waals surface area contributed by atoms with Crippen LogP contribution in [0.5, 0.6) is 0 Å². The molecule has 0 aromatic heterocycles. The van der Waals surface area contributed by atoms with E-state index in [9.17, 15) is 4.79 Å². The number of unbranched alkanes of at least 4 members (excludes halogenated alkanes) is 1. The molecule has 1 rings (SSSR count). The molecule has 1 saturated carbocycles. The summed E-state index contributed by atoms with van der Waals surface area (Å²) in [6.07, 6.45) is 10.2. The number of nitrogens with one attached hydrogen (secondary N) is 1. The van der Waals surface area contributed by atoms with Crippen LogP contribution in [0.25, 0.3) is 0 Å². The van der Waals surface area contributed by atoms with Gasteiger partial charge in [0.15, 0.2) is 0 Å². The zero-order valence-electron chi connectivity index (χ0n) is 11.3. The van der Waals surface area contributed by atoms with E-state index in [1.165, 1.54) is 32.1 Å². The fourth-order valence-electron chi connectivity index (χ4n) is 2.25. The summed E-state index contributed by atoms with van der Waals surface area (Å²) in [4.78, 5) is 11.4. The van der Waals surface area contributed by atoms with Crippen molar-refractivity contribution in [3.8, 4) is 0 Å². The fourth-order valence-corrected chi connectivity index (χ4v) is 2.44. The lowest BCUT2D eigenvalue weighted by Crippen LogP contribution is -2.26. The highest BCUT2D eigenvalue weighted by atomic mass is 35.5. The maximum absolute atomic E-state index is 11.4. The minimum absolute atomic E-state index is 0.137. The topological polar surface area (TPSA) is 38.3 Å². The molecule has 106 valence electrons. The van der Waals surface area contributed by atoms with E-state index >= 15 is 0 Å². The van der Waals surface area contributed by atoms with Crippen LogP contribution >= 0.6 is 11.6 Å². The molecule has 0 spiro atoms. The van der Waals surface area contributed by atoms with Gasteiger partial charge in [-0.15, -0.1) is 11.6 Å². The predicted octanol–water partition coefficient (Wildman–Crippen LogP) is 3.25. The average Bonchev–Trinajstić information content (AvgIpc) is 2.40. The highest BCUT2D eigenvalue weighted by Gasteiger charge is 2.12. The molecule has 0 radical (unpaired) electrons. The lowest BCUT2D eigenvalue weighted by atomic mass is 9.98. The van der Waals surface area contributed by atoms with Gasteiger partial charge in [-0.25, -0.2) is 0 Å². The summed E-state index contributed by atoms with van der Waals surface area (Å²) in [5.41, 5.74) is 0. The monoisotopic (exact) mass is 275 g/mol. The van der Waals surface area contributed by atoms with E-state index in [-0.39, 0.29) is 5.91 Å². The van der Waals surface area contributed by atoms with E-state index in [0.717, 1.165) is 32.4 Å². The van der Waals surface area contributed by atoms with Crippen molar-refractivity contribution >= 4 is 17.5 Å². The molecule has 1 fully saturated rings. The van der Waals surface area contributed by atoms with E-state index in [2.05, 4.69) is 5.32 Å². The summed E-state index contributed by atoms with van der Waals surface area (Å²) in [6, 6.07) is 0. The van der Waals surface area contributed by atoms with E-state index < -0.39 is 0 Å². The van der Waals surface area contributed by atoms with Crippen molar-refractivity contribution in [3.05, 3.63) is 0 Å². The van der Waals surface area contributed by atoms with Crippen LogP contribution in [-0.4, -0.2) is 31.0 Å². The highest BCUT2D eigenvalue weighted by molar-refractivity contribution is 6.17. The normalized spacial score (nSPS) is 16.7. The summed E-state index contributed by atoms with van der Waals surface area (Å²) < 4.78 is 5.79. The van der Waals surface area contributed by atoms with Gasteiger partial charge in [-0.05, 0) is 32.1 Å². The van der Waals surface area contributed by atoms with E-state index in [1.54, 1.807) is 0 Å². The first-order chi connectivity index (χ1) is 8.83. The van der Waals surface area contributed by atoms with Gasteiger partial charge in [0.1, 0.15) is 0 Å². The molecule has 1 aliphatic carbocycles. The van der Waals surface area contributed by atoms with Gasteiger partial charge in [-0.3, -0.25) is 4.79 Å². The van der Waals surface area contributed by atoms with Gasteiger partial charge in [0.05, 0.1) is 6.10 Å². The SMILES string of the molecule is O=C(CCCCCl)NCCCOC1CCCCC1. The lowest BCUT2D eigenvalue weighted by molar-refractivity contribution is -0.121. The van der Waals surface area contributed by atoms with Gasteiger partial charge in [0, 0.05) is 25.5 Å². The van der Waals surface area contributed by atoms with Gasteiger partial charge < -0.3 is 10.1 Å². The number of amides is 1. The molecule has 4 heteroatoms. The number of alkyl halides is 1. The van der Waals surface area contributed by atoms with Crippen molar-refractivity contribution < 1.29 is 9.53 Å². The third-order valence-electron chi connectivity index (χ3n) is 3.34. The number of hydrogen-bond donors (Lipinski definition) is 1. The highest BCUT2D eigenvalue weighted by Crippen LogP contribution is 2.20. The van der Waals surface area contributed by atoms with Crippen LogP contribution < -0.4 is 5.32 Å². The molecule has 3 nitrogen and oxygen atoms in total. The number of carbonyl (C=O) groups is 1. The summed E-state index contributed by atoms with van der Waals surface area (Å²) in [6.45, 7) is 1.50. The molecule has 0 saturated heterocycles. The Labute approximate surface area is 116 Å². The first kappa shape index (κ1) is 15.8. The molecule has 1 aliphatic rings. The standard InChI is InChI=1S/C14H26ClNO2/c15-10-5-4-9-14(17)16-11-6-12-18-13-7-2-1-3-8-13/h13H,1-12H2,(H,16,17). The van der Waals surface area contributed by atoms with Gasteiger partial charge in [0.2, 0.25) is 5.91 Å². The average molecular weight is 276 g/mol. The molecular formula is C14H26ClNO2. The maximum atomic E-state index is 11.4. The molecule has 18 heavy (non-hydrogen) atoms. The van der Waals surface area contributed by atoms with Crippen LogP contribution in [0.4, 0.5) is 0 Å². The Balaban J connectivity index is 1.86. The molecule has 1 N–H and O–H groups in total. The predicted molar refractivity (Wildman–Crippen MR) is 75.0 cm³/mol. The van der Waals surface area contributed by atoms with Crippen LogP contribution in [-0.2, 0) is 9.53 Å². The Morgan fingerprint density at radius 3 is 2.67 bits per heavy atom. The molecule has 0 aromatic carbocycles. The minimum Gasteiger partial charge on any atom is -0.378 e. The second-order valence-electron chi connectivity index (χ2n) is 4.98. The smallest absolute Gasteiger partial charge is 0.219 e. The Bertz CT molecular complexity index is 218. The van der Waals surface area contributed by atoms with Gasteiger partial charge in [-0.1, -0.05) is 19.3 Å². The van der Waals surface area contributed by atoms with Crippen LogP contribution in [0.3, 0.4) is 0 Å². The third-order valence-corrected chi connectivity index (χ3v) is 3.60. The van der Waals surface area contributed by atoms with E-state index in [4.69, 9.17) is 16.3 Å². The van der Waals surface area contributed by atoms with Gasteiger partial charge in [-0.2, -0.15) is 0 Å². The number of hydrogen-bond acceptors (Lipinski definition) is 2. The van der Waals surface area contributed by atoms with Gasteiger partial charge in [0.25, 0.3) is 0 Å². The van der Waals surface area contributed by atoms with Gasteiger partial charge >= 0.3 is 0 Å². The van der Waals surface area contributed by atoms with Crippen LogP contribution in [0.1, 0.15) is 57.8 Å². The lowest BCUT2D eigenvalue weighted by Gasteiger charge is -2.21. The van der Waals surface area contributed by atoms with E-state index in [1.807, 2.05) is 0 Å². The fraction of sp³-hybridized carbons (Fsp3) is 0.929. The molecule has 0 unspecified atom stereocenters. The van der Waals surface area contributed by atoms with E-state index in [0.29, 0.717) is 18.4 Å². The summed E-state index contributed by atoms with van der Waals surface area (Å²) >= 11 is 5.56. The van der Waals surface area contributed by atoms with Crippen LogP contribution in [0.2, 0.25) is 0 Å². The number of ether oxygens (including phenoxy) is 1. The third kappa shape index (κ3) is 7.93. The quantitative estimate of drug-likeness (QED) is 0.518. The number of rotatable bonds is 9. The van der Waals surface area contributed by atoms with Crippen molar-refractivity contribution in [2.75, 3.05) is 19.0 Å². The number of carbonyl (C=O) groups excluding carboxylic acids is 1.